The third-order valence-corrected chi connectivity index (χ3v) is 3.85. The van der Waals surface area contributed by atoms with Crippen molar-refractivity contribution in [3.8, 4) is 5.69 Å². The zero-order valence-corrected chi connectivity index (χ0v) is 13.2. The minimum absolute atomic E-state index is 0.843. The first-order chi connectivity index (χ1) is 10.7. The van der Waals surface area contributed by atoms with Crippen LogP contribution in [0.1, 0.15) is 18.2 Å². The molecule has 1 saturated heterocycles. The van der Waals surface area contributed by atoms with Gasteiger partial charge in [0.05, 0.1) is 17.6 Å². The van der Waals surface area contributed by atoms with E-state index in [2.05, 4.69) is 56.5 Å². The number of hydrogen-bond donors (Lipinski definition) is 0. The molecule has 0 aliphatic carbocycles. The van der Waals surface area contributed by atoms with Crippen molar-refractivity contribution >= 4 is 6.21 Å². The van der Waals surface area contributed by atoms with E-state index in [1.807, 2.05) is 24.0 Å². The van der Waals surface area contributed by atoms with Crippen LogP contribution in [0, 0.1) is 6.92 Å². The first-order valence-electron chi connectivity index (χ1n) is 7.69. The molecule has 1 aromatic carbocycles. The first-order valence-corrected chi connectivity index (χ1v) is 7.69. The van der Waals surface area contributed by atoms with Crippen molar-refractivity contribution in [1.29, 1.82) is 0 Å². The van der Waals surface area contributed by atoms with E-state index < -0.39 is 0 Å². The summed E-state index contributed by atoms with van der Waals surface area (Å²) in [7, 11) is 0. The molecule has 1 aliphatic heterocycles. The number of aromatic nitrogens is 3. The Morgan fingerprint density at radius 3 is 2.55 bits per heavy atom. The summed E-state index contributed by atoms with van der Waals surface area (Å²) in [5.41, 5.74) is 3.30. The van der Waals surface area contributed by atoms with E-state index in [4.69, 9.17) is 0 Å². The summed E-state index contributed by atoms with van der Waals surface area (Å²) >= 11 is 0. The lowest BCUT2D eigenvalue weighted by Gasteiger charge is -2.32. The third-order valence-electron chi connectivity index (χ3n) is 3.85. The molecule has 0 saturated carbocycles. The number of hydrogen-bond acceptors (Lipinski definition) is 5. The Hall–Kier alpha value is -2.21. The summed E-state index contributed by atoms with van der Waals surface area (Å²) in [5.74, 6) is 0. The Kier molecular flexibility index (Phi) is 4.48. The summed E-state index contributed by atoms with van der Waals surface area (Å²) in [6.07, 6.45) is 3.87. The van der Waals surface area contributed by atoms with Gasteiger partial charge in [-0.1, -0.05) is 22.9 Å². The van der Waals surface area contributed by atoms with Gasteiger partial charge in [-0.25, -0.2) is 4.68 Å². The maximum absolute atomic E-state index is 4.33. The Morgan fingerprint density at radius 2 is 1.86 bits per heavy atom. The lowest BCUT2D eigenvalue weighted by Crippen LogP contribution is -2.43. The average molecular weight is 298 g/mol. The molecule has 0 unspecified atom stereocenters. The number of benzene rings is 1. The van der Waals surface area contributed by atoms with E-state index in [1.54, 1.807) is 0 Å². The van der Waals surface area contributed by atoms with Crippen LogP contribution in [0.2, 0.25) is 0 Å². The maximum atomic E-state index is 4.33. The highest BCUT2D eigenvalue weighted by atomic mass is 15.5. The molecule has 22 heavy (non-hydrogen) atoms. The van der Waals surface area contributed by atoms with E-state index in [9.17, 15) is 0 Å². The van der Waals surface area contributed by atoms with E-state index in [-0.39, 0.29) is 0 Å². The fraction of sp³-hybridized carbons (Fsp3) is 0.438. The molecule has 2 heterocycles. The topological polar surface area (TPSA) is 49.5 Å². The molecule has 0 bridgehead atoms. The number of hydrazone groups is 1. The van der Waals surface area contributed by atoms with Crippen LogP contribution in [0.3, 0.4) is 0 Å². The van der Waals surface area contributed by atoms with Gasteiger partial charge in [0.1, 0.15) is 0 Å². The predicted molar refractivity (Wildman–Crippen MR) is 87.1 cm³/mol. The fourth-order valence-electron chi connectivity index (χ4n) is 2.60. The van der Waals surface area contributed by atoms with E-state index in [1.165, 1.54) is 5.56 Å². The molecule has 0 radical (unpaired) electrons. The van der Waals surface area contributed by atoms with Crippen LogP contribution >= 0.6 is 0 Å². The molecule has 116 valence electrons. The largest absolute Gasteiger partial charge is 0.295 e. The Labute approximate surface area is 131 Å². The van der Waals surface area contributed by atoms with Gasteiger partial charge in [-0.2, -0.15) is 5.10 Å². The number of piperazine rings is 1. The predicted octanol–water partition coefficient (Wildman–Crippen LogP) is 1.70. The van der Waals surface area contributed by atoms with Crippen LogP contribution in [-0.2, 0) is 6.54 Å². The smallest absolute Gasteiger partial charge is 0.0971 e. The maximum Gasteiger partial charge on any atom is 0.0971 e. The normalized spacial score (nSPS) is 16.5. The summed E-state index contributed by atoms with van der Waals surface area (Å²) in [4.78, 5) is 2.39. The standard InChI is InChI=1S/C16H22N6/c1-3-17-21-10-8-20(9-11-21)12-15-13-22(19-18-15)16-6-4-14(2)5-7-16/h3-7,13H,8-12H2,1-2H3/b17-3-. The molecular formula is C16H22N6. The van der Waals surface area contributed by atoms with E-state index in [0.29, 0.717) is 0 Å². The van der Waals surface area contributed by atoms with Crippen molar-refractivity contribution in [1.82, 2.24) is 24.9 Å². The SMILES string of the molecule is C/C=N\N1CCN(Cc2cn(-c3ccc(C)cc3)nn2)CC1. The summed E-state index contributed by atoms with van der Waals surface area (Å²) in [6, 6.07) is 8.30. The van der Waals surface area contributed by atoms with Gasteiger partial charge in [0.2, 0.25) is 0 Å². The second-order valence-corrected chi connectivity index (χ2v) is 5.59. The van der Waals surface area contributed by atoms with Crippen molar-refractivity contribution in [2.24, 2.45) is 5.10 Å². The van der Waals surface area contributed by atoms with E-state index in [0.717, 1.165) is 44.1 Å². The van der Waals surface area contributed by atoms with Gasteiger partial charge in [0.25, 0.3) is 0 Å². The molecule has 2 aromatic rings. The van der Waals surface area contributed by atoms with Crippen molar-refractivity contribution in [3.05, 3.63) is 41.7 Å². The Bertz CT molecular complexity index is 622. The molecule has 0 atom stereocenters. The molecule has 6 nitrogen and oxygen atoms in total. The van der Waals surface area contributed by atoms with Crippen molar-refractivity contribution in [2.75, 3.05) is 26.2 Å². The van der Waals surface area contributed by atoms with Crippen LogP contribution in [0.25, 0.3) is 5.69 Å². The highest BCUT2D eigenvalue weighted by molar-refractivity contribution is 5.52. The van der Waals surface area contributed by atoms with Crippen LogP contribution in [-0.4, -0.2) is 57.3 Å². The molecular weight excluding hydrogens is 276 g/mol. The molecule has 1 aliphatic rings. The molecule has 1 fully saturated rings. The van der Waals surface area contributed by atoms with Gasteiger partial charge in [0, 0.05) is 38.9 Å². The molecule has 6 heteroatoms. The lowest BCUT2D eigenvalue weighted by atomic mass is 10.2. The Balaban J connectivity index is 1.59. The Morgan fingerprint density at radius 1 is 1.14 bits per heavy atom. The average Bonchev–Trinajstić information content (AvgIpc) is 2.99. The van der Waals surface area contributed by atoms with Gasteiger partial charge in [0.15, 0.2) is 0 Å². The quantitative estimate of drug-likeness (QED) is 0.806. The van der Waals surface area contributed by atoms with Crippen molar-refractivity contribution in [2.45, 2.75) is 20.4 Å². The van der Waals surface area contributed by atoms with Gasteiger partial charge in [-0.15, -0.1) is 5.10 Å². The summed E-state index contributed by atoms with van der Waals surface area (Å²) in [5, 5.41) is 15.0. The highest BCUT2D eigenvalue weighted by Gasteiger charge is 2.16. The second-order valence-electron chi connectivity index (χ2n) is 5.59. The van der Waals surface area contributed by atoms with Crippen molar-refractivity contribution < 1.29 is 0 Å². The lowest BCUT2D eigenvalue weighted by molar-refractivity contribution is 0.130. The minimum atomic E-state index is 0.843. The van der Waals surface area contributed by atoms with Gasteiger partial charge in [-0.3, -0.25) is 9.91 Å². The monoisotopic (exact) mass is 298 g/mol. The number of rotatable bonds is 4. The molecule has 0 amide bonds. The zero-order chi connectivity index (χ0) is 15.4. The third kappa shape index (κ3) is 3.51. The van der Waals surface area contributed by atoms with Gasteiger partial charge in [-0.05, 0) is 26.0 Å². The number of nitrogens with zero attached hydrogens (tertiary/aromatic N) is 6. The fourth-order valence-corrected chi connectivity index (χ4v) is 2.60. The van der Waals surface area contributed by atoms with Crippen molar-refractivity contribution in [3.63, 3.8) is 0 Å². The van der Waals surface area contributed by atoms with Crippen LogP contribution in [0.15, 0.2) is 35.6 Å². The second kappa shape index (κ2) is 6.70. The summed E-state index contributed by atoms with van der Waals surface area (Å²) in [6.45, 7) is 8.83. The molecule has 0 N–H and O–H groups in total. The van der Waals surface area contributed by atoms with Gasteiger partial charge >= 0.3 is 0 Å². The summed E-state index contributed by atoms with van der Waals surface area (Å²) < 4.78 is 1.84. The zero-order valence-electron chi connectivity index (χ0n) is 13.2. The van der Waals surface area contributed by atoms with Crippen LogP contribution in [0.5, 0.6) is 0 Å². The van der Waals surface area contributed by atoms with Gasteiger partial charge < -0.3 is 0 Å². The number of aryl methyl sites for hydroxylation is 1. The first kappa shape index (κ1) is 14.7. The molecule has 3 rings (SSSR count). The molecule has 0 spiro atoms. The van der Waals surface area contributed by atoms with E-state index >= 15 is 0 Å². The minimum Gasteiger partial charge on any atom is -0.295 e. The molecule has 1 aromatic heterocycles. The highest BCUT2D eigenvalue weighted by Crippen LogP contribution is 2.11. The van der Waals surface area contributed by atoms with Crippen LogP contribution < -0.4 is 0 Å². The van der Waals surface area contributed by atoms with Crippen LogP contribution in [0.4, 0.5) is 0 Å².